The van der Waals surface area contributed by atoms with E-state index in [2.05, 4.69) is 81.9 Å². The average molecular weight is 710 g/mol. The van der Waals surface area contributed by atoms with Gasteiger partial charge in [0.15, 0.2) is 12.1 Å². The minimum atomic E-state index is -1.40. The van der Waals surface area contributed by atoms with Crippen molar-refractivity contribution >= 4 is 55.2 Å². The molecule has 1 aliphatic heterocycles. The molecule has 10 aromatic rings. The normalized spacial score (nSPS) is 14.1. The molecule has 0 spiro atoms. The van der Waals surface area contributed by atoms with E-state index in [1.807, 2.05) is 97.1 Å². The zero-order valence-corrected chi connectivity index (χ0v) is 29.4. The molecule has 55 heavy (non-hydrogen) atoms. The summed E-state index contributed by atoms with van der Waals surface area (Å²) < 4.78 is 4.47. The number of carbonyl (C=O) groups excluding carboxylic acids is 1. The van der Waals surface area contributed by atoms with Crippen LogP contribution in [0.15, 0.2) is 176 Å². The van der Waals surface area contributed by atoms with Gasteiger partial charge in [-0.15, -0.1) is 0 Å². The molecule has 7 nitrogen and oxygen atoms in total. The van der Waals surface area contributed by atoms with E-state index in [1.165, 1.54) is 4.90 Å². The van der Waals surface area contributed by atoms with Crippen molar-refractivity contribution in [3.05, 3.63) is 187 Å². The number of hydrogen-bond acceptors (Lipinski definition) is 4. The molecule has 4 heterocycles. The van der Waals surface area contributed by atoms with Crippen LogP contribution in [0.5, 0.6) is 0 Å². The van der Waals surface area contributed by atoms with Crippen LogP contribution in [0, 0.1) is 0 Å². The Kier molecular flexibility index (Phi) is 6.86. The van der Waals surface area contributed by atoms with Crippen LogP contribution in [0.4, 0.5) is 5.69 Å². The van der Waals surface area contributed by atoms with Crippen molar-refractivity contribution in [2.45, 2.75) is 6.23 Å². The predicted molar refractivity (Wildman–Crippen MR) is 220 cm³/mol. The summed E-state index contributed by atoms with van der Waals surface area (Å²) in [6.45, 7) is 0. The second-order valence-corrected chi connectivity index (χ2v) is 13.9. The molecule has 11 rings (SSSR count). The van der Waals surface area contributed by atoms with Crippen molar-refractivity contribution in [3.8, 4) is 33.9 Å². The fourth-order valence-electron chi connectivity index (χ4n) is 8.45. The third kappa shape index (κ3) is 4.64. The summed E-state index contributed by atoms with van der Waals surface area (Å²) in [6.07, 6.45) is 0.383. The molecule has 1 unspecified atom stereocenters. The lowest BCUT2D eigenvalue weighted by molar-refractivity contribution is 0.0887. The second kappa shape index (κ2) is 12.1. The predicted octanol–water partition coefficient (Wildman–Crippen LogP) is 10.7. The molecular weight excluding hydrogens is 679 g/mol. The highest BCUT2D eigenvalue weighted by atomic mass is 16.3. The molecule has 7 aromatic carbocycles. The molecule has 1 aliphatic rings. The quantitative estimate of drug-likeness (QED) is 0.197. The zero-order chi connectivity index (χ0) is 36.6. The van der Waals surface area contributed by atoms with Gasteiger partial charge < -0.3 is 14.2 Å². The van der Waals surface area contributed by atoms with Crippen molar-refractivity contribution in [1.82, 2.24) is 19.1 Å². The number of nitrogens with zero attached hydrogens (tertiary/aromatic N) is 5. The molecular formula is C48H31N5O2. The summed E-state index contributed by atoms with van der Waals surface area (Å²) in [5, 5.41) is 16.7. The molecule has 7 heteroatoms. The minimum absolute atomic E-state index is 0.325. The maximum Gasteiger partial charge on any atom is 0.261 e. The number of aliphatic hydroxyl groups is 1. The first-order valence-corrected chi connectivity index (χ1v) is 18.3. The van der Waals surface area contributed by atoms with Crippen LogP contribution >= 0.6 is 0 Å². The van der Waals surface area contributed by atoms with Crippen molar-refractivity contribution in [1.29, 1.82) is 0 Å². The van der Waals surface area contributed by atoms with Crippen LogP contribution in [0.1, 0.15) is 22.3 Å². The third-order valence-corrected chi connectivity index (χ3v) is 10.9. The Balaban J connectivity index is 1.20. The van der Waals surface area contributed by atoms with E-state index in [-0.39, 0.29) is 5.91 Å². The number of benzene rings is 7. The van der Waals surface area contributed by atoms with Gasteiger partial charge in [-0.1, -0.05) is 109 Å². The number of hydrogen-bond donors (Lipinski definition) is 1. The molecule has 260 valence electrons. The standard InChI is InChI=1S/C48H31N5O2/c54-47-38-27-26-37-35-21-11-13-23-41(35)52(32-16-6-2-7-17-32)45(37)43(38)39-29-49-46(50-44(39)48(55)53(47)33-18-8-3-9-19-33)30-24-25-36-34-20-10-12-22-40(34)51(42(36)28-30)31-14-4-1-5-15-31/h1-29,48,55H. The first-order valence-electron chi connectivity index (χ1n) is 18.3. The number of carbonyl (C=O) groups is 1. The van der Waals surface area contributed by atoms with Crippen LogP contribution in [0.25, 0.3) is 77.5 Å². The highest BCUT2D eigenvalue weighted by Gasteiger charge is 2.37. The van der Waals surface area contributed by atoms with Crippen molar-refractivity contribution in [2.24, 2.45) is 0 Å². The Morgan fingerprint density at radius 1 is 0.509 bits per heavy atom. The fraction of sp³-hybridized carbons (Fsp3) is 0.0208. The molecule has 0 aliphatic carbocycles. The van der Waals surface area contributed by atoms with Gasteiger partial charge in [0.1, 0.15) is 5.69 Å². The maximum atomic E-state index is 14.9. The Labute approximate surface area is 315 Å². The summed E-state index contributed by atoms with van der Waals surface area (Å²) in [4.78, 5) is 26.5. The van der Waals surface area contributed by atoms with Gasteiger partial charge in [-0.3, -0.25) is 9.69 Å². The monoisotopic (exact) mass is 709 g/mol. The summed E-state index contributed by atoms with van der Waals surface area (Å²) in [6, 6.07) is 56.6. The second-order valence-electron chi connectivity index (χ2n) is 13.9. The van der Waals surface area contributed by atoms with E-state index < -0.39 is 6.23 Å². The Morgan fingerprint density at radius 2 is 1.05 bits per heavy atom. The van der Waals surface area contributed by atoms with Gasteiger partial charge in [-0.05, 0) is 60.7 Å². The molecule has 0 saturated carbocycles. The average Bonchev–Trinajstić information content (AvgIpc) is 3.74. The smallest absolute Gasteiger partial charge is 0.261 e. The molecule has 0 fully saturated rings. The lowest BCUT2D eigenvalue weighted by atomic mass is 9.96. The van der Waals surface area contributed by atoms with Gasteiger partial charge >= 0.3 is 0 Å². The van der Waals surface area contributed by atoms with Crippen molar-refractivity contribution in [2.75, 3.05) is 4.90 Å². The van der Waals surface area contributed by atoms with Crippen LogP contribution in [0.2, 0.25) is 0 Å². The molecule has 0 saturated heterocycles. The Bertz CT molecular complexity index is 3130. The number of aromatic nitrogens is 4. The number of aliphatic hydroxyl groups excluding tert-OH is 1. The van der Waals surface area contributed by atoms with Gasteiger partial charge in [-0.2, -0.15) is 0 Å². The largest absolute Gasteiger partial charge is 0.368 e. The number of anilines is 1. The SMILES string of the molecule is O=C1c2ccc3c4ccccc4n(-c4ccccc4)c3c2-c2cnc(-c3ccc4c5ccccc5n(-c5ccccc5)c4c3)nc2C(O)N1c1ccccc1. The van der Waals surface area contributed by atoms with Gasteiger partial charge in [0.25, 0.3) is 5.91 Å². The maximum absolute atomic E-state index is 14.9. The fourth-order valence-corrected chi connectivity index (χ4v) is 8.45. The molecule has 1 N–H and O–H groups in total. The topological polar surface area (TPSA) is 76.2 Å². The van der Waals surface area contributed by atoms with E-state index in [0.29, 0.717) is 33.9 Å². The third-order valence-electron chi connectivity index (χ3n) is 10.9. The van der Waals surface area contributed by atoms with Gasteiger partial charge in [-0.25, -0.2) is 9.97 Å². The Morgan fingerprint density at radius 3 is 1.75 bits per heavy atom. The lowest BCUT2D eigenvalue weighted by Crippen LogP contribution is -2.34. The first-order chi connectivity index (χ1) is 27.2. The van der Waals surface area contributed by atoms with Crippen LogP contribution in [-0.4, -0.2) is 30.1 Å². The van der Waals surface area contributed by atoms with Crippen molar-refractivity contribution < 1.29 is 9.90 Å². The minimum Gasteiger partial charge on any atom is -0.368 e. The van der Waals surface area contributed by atoms with Crippen LogP contribution in [-0.2, 0) is 0 Å². The highest BCUT2D eigenvalue weighted by Crippen LogP contribution is 2.46. The van der Waals surface area contributed by atoms with E-state index in [1.54, 1.807) is 6.20 Å². The molecule has 1 atom stereocenters. The molecule has 0 radical (unpaired) electrons. The molecule has 0 bridgehead atoms. The van der Waals surface area contributed by atoms with E-state index in [9.17, 15) is 9.90 Å². The Hall–Kier alpha value is -7.35. The summed E-state index contributed by atoms with van der Waals surface area (Å²) in [5.74, 6) is 0.123. The zero-order valence-electron chi connectivity index (χ0n) is 29.4. The van der Waals surface area contributed by atoms with E-state index in [4.69, 9.17) is 9.97 Å². The molecule has 3 aromatic heterocycles. The summed E-state index contributed by atoms with van der Waals surface area (Å²) in [5.41, 5.74) is 9.44. The van der Waals surface area contributed by atoms with Crippen molar-refractivity contribution in [3.63, 3.8) is 0 Å². The highest BCUT2D eigenvalue weighted by molar-refractivity contribution is 6.21. The first kappa shape index (κ1) is 31.2. The van der Waals surface area contributed by atoms with Gasteiger partial charge in [0.2, 0.25) is 0 Å². The van der Waals surface area contributed by atoms with Crippen LogP contribution in [0.3, 0.4) is 0 Å². The number of rotatable bonds is 4. The van der Waals surface area contributed by atoms with Gasteiger partial charge in [0, 0.05) is 61.5 Å². The summed E-state index contributed by atoms with van der Waals surface area (Å²) in [7, 11) is 0. The molecule has 1 amide bonds. The van der Waals surface area contributed by atoms with E-state index >= 15 is 0 Å². The summed E-state index contributed by atoms with van der Waals surface area (Å²) >= 11 is 0. The number of amides is 1. The van der Waals surface area contributed by atoms with Crippen LogP contribution < -0.4 is 4.90 Å². The van der Waals surface area contributed by atoms with Gasteiger partial charge in [0.05, 0.1) is 27.6 Å². The number of fused-ring (bicyclic) bond motifs is 10. The number of para-hydroxylation sites is 5. The van der Waals surface area contributed by atoms with E-state index in [0.717, 1.165) is 60.5 Å². The lowest BCUT2D eigenvalue weighted by Gasteiger charge is -2.26.